The molecule has 0 aliphatic rings. The lowest BCUT2D eigenvalue weighted by molar-refractivity contribution is 0.734. The van der Waals surface area contributed by atoms with Crippen LogP contribution in [0.3, 0.4) is 0 Å². The van der Waals surface area contributed by atoms with Crippen LogP contribution < -0.4 is 5.32 Å². The summed E-state index contributed by atoms with van der Waals surface area (Å²) >= 11 is 3.38. The Morgan fingerprint density at radius 3 is 2.31 bits per heavy atom. The van der Waals surface area contributed by atoms with E-state index in [0.29, 0.717) is 0 Å². The molecule has 1 rings (SSSR count). The minimum atomic E-state index is 0.968. The maximum Gasteiger partial charge on any atom is 0.0205 e. The number of alkyl halides is 1. The van der Waals surface area contributed by atoms with E-state index in [4.69, 9.17) is 0 Å². The van der Waals surface area contributed by atoms with Gasteiger partial charge < -0.3 is 5.32 Å². The van der Waals surface area contributed by atoms with Crippen molar-refractivity contribution in [3.63, 3.8) is 0 Å². The Morgan fingerprint density at radius 1 is 1.15 bits per heavy atom. The SMILES string of the molecule is CCc1ccc(CNCCBr)cc1. The molecule has 0 spiro atoms. The molecule has 1 aromatic carbocycles. The van der Waals surface area contributed by atoms with Crippen LogP contribution in [-0.2, 0) is 13.0 Å². The van der Waals surface area contributed by atoms with Gasteiger partial charge in [-0.05, 0) is 17.5 Å². The zero-order valence-electron chi connectivity index (χ0n) is 8.02. The fraction of sp³-hybridized carbons (Fsp3) is 0.455. The van der Waals surface area contributed by atoms with Crippen molar-refractivity contribution in [2.45, 2.75) is 19.9 Å². The Balaban J connectivity index is 2.40. The summed E-state index contributed by atoms with van der Waals surface area (Å²) in [5.41, 5.74) is 2.77. The fourth-order valence-electron chi connectivity index (χ4n) is 1.19. The van der Waals surface area contributed by atoms with Crippen LogP contribution in [0.2, 0.25) is 0 Å². The smallest absolute Gasteiger partial charge is 0.0205 e. The Morgan fingerprint density at radius 2 is 1.77 bits per heavy atom. The first kappa shape index (κ1) is 10.7. The van der Waals surface area contributed by atoms with Gasteiger partial charge in [-0.2, -0.15) is 0 Å². The number of hydrogen-bond donors (Lipinski definition) is 1. The molecule has 0 aromatic heterocycles. The monoisotopic (exact) mass is 241 g/mol. The minimum absolute atomic E-state index is 0.968. The molecule has 1 N–H and O–H groups in total. The molecule has 0 atom stereocenters. The molecular formula is C11H16BrN. The molecule has 0 saturated carbocycles. The maximum absolute atomic E-state index is 3.38. The van der Waals surface area contributed by atoms with E-state index in [-0.39, 0.29) is 0 Å². The molecule has 13 heavy (non-hydrogen) atoms. The summed E-state index contributed by atoms with van der Waals surface area (Å²) in [4.78, 5) is 0. The minimum Gasteiger partial charge on any atom is -0.312 e. The predicted molar refractivity (Wildman–Crippen MR) is 61.3 cm³/mol. The summed E-state index contributed by atoms with van der Waals surface area (Å²) in [5.74, 6) is 0. The standard InChI is InChI=1S/C11H16BrN/c1-2-10-3-5-11(6-4-10)9-13-8-7-12/h3-6,13H,2,7-9H2,1H3. The van der Waals surface area contributed by atoms with Crippen molar-refractivity contribution in [2.24, 2.45) is 0 Å². The van der Waals surface area contributed by atoms with Crippen LogP contribution in [0.5, 0.6) is 0 Å². The molecule has 0 amide bonds. The molecule has 2 heteroatoms. The van der Waals surface area contributed by atoms with E-state index < -0.39 is 0 Å². The second kappa shape index (κ2) is 6.17. The van der Waals surface area contributed by atoms with Gasteiger partial charge in [-0.25, -0.2) is 0 Å². The van der Waals surface area contributed by atoms with Crippen molar-refractivity contribution in [2.75, 3.05) is 11.9 Å². The van der Waals surface area contributed by atoms with Crippen LogP contribution >= 0.6 is 15.9 Å². The third kappa shape index (κ3) is 3.92. The third-order valence-electron chi connectivity index (χ3n) is 2.03. The number of rotatable bonds is 5. The molecule has 0 aliphatic heterocycles. The van der Waals surface area contributed by atoms with Gasteiger partial charge in [0.15, 0.2) is 0 Å². The normalized spacial score (nSPS) is 10.3. The molecule has 72 valence electrons. The molecule has 0 heterocycles. The first-order valence-corrected chi connectivity index (χ1v) is 5.83. The van der Waals surface area contributed by atoms with Crippen LogP contribution in [0.4, 0.5) is 0 Å². The lowest BCUT2D eigenvalue weighted by Crippen LogP contribution is -2.15. The molecule has 0 aliphatic carbocycles. The van der Waals surface area contributed by atoms with Gasteiger partial charge in [-0.15, -0.1) is 0 Å². The second-order valence-electron chi connectivity index (χ2n) is 3.04. The summed E-state index contributed by atoms with van der Waals surface area (Å²) in [5, 5.41) is 4.36. The number of halogens is 1. The topological polar surface area (TPSA) is 12.0 Å². The zero-order valence-corrected chi connectivity index (χ0v) is 9.60. The van der Waals surface area contributed by atoms with Crippen molar-refractivity contribution < 1.29 is 0 Å². The number of hydrogen-bond acceptors (Lipinski definition) is 1. The molecule has 0 saturated heterocycles. The Hall–Kier alpha value is -0.340. The molecule has 1 aromatic rings. The van der Waals surface area contributed by atoms with Gasteiger partial charge in [0.1, 0.15) is 0 Å². The first-order chi connectivity index (χ1) is 6.36. The molecule has 0 bridgehead atoms. The van der Waals surface area contributed by atoms with E-state index in [1.165, 1.54) is 11.1 Å². The Bertz CT molecular complexity index is 230. The summed E-state index contributed by atoms with van der Waals surface area (Å²) in [6.45, 7) is 4.17. The van der Waals surface area contributed by atoms with E-state index in [1.807, 2.05) is 0 Å². The second-order valence-corrected chi connectivity index (χ2v) is 3.83. The molecule has 0 fully saturated rings. The largest absolute Gasteiger partial charge is 0.312 e. The van der Waals surface area contributed by atoms with E-state index in [9.17, 15) is 0 Å². The van der Waals surface area contributed by atoms with Gasteiger partial charge in [0, 0.05) is 18.4 Å². The summed E-state index contributed by atoms with van der Waals surface area (Å²) < 4.78 is 0. The summed E-state index contributed by atoms with van der Waals surface area (Å²) in [6, 6.07) is 8.79. The van der Waals surface area contributed by atoms with E-state index in [2.05, 4.69) is 52.4 Å². The molecule has 1 nitrogen and oxygen atoms in total. The number of benzene rings is 1. The highest BCUT2D eigenvalue weighted by molar-refractivity contribution is 9.09. The van der Waals surface area contributed by atoms with Gasteiger partial charge in [0.25, 0.3) is 0 Å². The van der Waals surface area contributed by atoms with Gasteiger partial charge >= 0.3 is 0 Å². The molecule has 0 unspecified atom stereocenters. The van der Waals surface area contributed by atoms with Crippen LogP contribution in [0, 0.1) is 0 Å². The van der Waals surface area contributed by atoms with E-state index in [0.717, 1.165) is 24.8 Å². The van der Waals surface area contributed by atoms with E-state index in [1.54, 1.807) is 0 Å². The molecule has 0 radical (unpaired) electrons. The van der Waals surface area contributed by atoms with E-state index >= 15 is 0 Å². The number of nitrogens with one attached hydrogen (secondary N) is 1. The van der Waals surface area contributed by atoms with Crippen LogP contribution in [0.25, 0.3) is 0 Å². The lowest BCUT2D eigenvalue weighted by atomic mass is 10.1. The fourth-order valence-corrected chi connectivity index (χ4v) is 1.47. The highest BCUT2D eigenvalue weighted by Crippen LogP contribution is 2.04. The van der Waals surface area contributed by atoms with Gasteiger partial charge in [-0.1, -0.05) is 47.1 Å². The van der Waals surface area contributed by atoms with Gasteiger partial charge in [0.05, 0.1) is 0 Å². The maximum atomic E-state index is 3.38. The average molecular weight is 242 g/mol. The molecular weight excluding hydrogens is 226 g/mol. The van der Waals surface area contributed by atoms with Crippen LogP contribution in [0.15, 0.2) is 24.3 Å². The third-order valence-corrected chi connectivity index (χ3v) is 2.43. The van der Waals surface area contributed by atoms with Crippen molar-refractivity contribution in [3.8, 4) is 0 Å². The van der Waals surface area contributed by atoms with Crippen molar-refractivity contribution in [1.29, 1.82) is 0 Å². The quantitative estimate of drug-likeness (QED) is 0.618. The predicted octanol–water partition coefficient (Wildman–Crippen LogP) is 2.73. The first-order valence-electron chi connectivity index (χ1n) is 4.71. The van der Waals surface area contributed by atoms with Crippen molar-refractivity contribution in [3.05, 3.63) is 35.4 Å². The van der Waals surface area contributed by atoms with Gasteiger partial charge in [-0.3, -0.25) is 0 Å². The Kier molecular flexibility index (Phi) is 5.09. The number of aryl methyl sites for hydroxylation is 1. The van der Waals surface area contributed by atoms with Crippen LogP contribution in [0.1, 0.15) is 18.1 Å². The zero-order chi connectivity index (χ0) is 9.52. The van der Waals surface area contributed by atoms with Crippen molar-refractivity contribution in [1.82, 2.24) is 5.32 Å². The highest BCUT2D eigenvalue weighted by Gasteiger charge is 1.92. The Labute approximate surface area is 88.7 Å². The van der Waals surface area contributed by atoms with Gasteiger partial charge in [0.2, 0.25) is 0 Å². The van der Waals surface area contributed by atoms with Crippen LogP contribution in [-0.4, -0.2) is 11.9 Å². The highest BCUT2D eigenvalue weighted by atomic mass is 79.9. The summed E-state index contributed by atoms with van der Waals surface area (Å²) in [7, 11) is 0. The average Bonchev–Trinajstić information content (AvgIpc) is 2.19. The summed E-state index contributed by atoms with van der Waals surface area (Å²) in [6.07, 6.45) is 1.12. The van der Waals surface area contributed by atoms with Crippen molar-refractivity contribution >= 4 is 15.9 Å². The lowest BCUT2D eigenvalue weighted by Gasteiger charge is -2.03.